The minimum Gasteiger partial charge on any atom is -0.374 e. The molecule has 31 heavy (non-hydrogen) atoms. The Labute approximate surface area is 184 Å². The molecule has 2 aromatic heterocycles. The second kappa shape index (κ2) is 9.73. The quantitative estimate of drug-likeness (QED) is 0.636. The molecular formula is C25H33N5O. The Balaban J connectivity index is 1.44. The molecular weight excluding hydrogens is 386 g/mol. The summed E-state index contributed by atoms with van der Waals surface area (Å²) in [6.45, 7) is 11.2. The molecule has 6 heteroatoms. The van der Waals surface area contributed by atoms with E-state index in [1.54, 1.807) is 0 Å². The van der Waals surface area contributed by atoms with Crippen LogP contribution in [0.15, 0.2) is 36.4 Å². The maximum Gasteiger partial charge on any atom is 0.160 e. The Kier molecular flexibility index (Phi) is 6.80. The summed E-state index contributed by atoms with van der Waals surface area (Å²) in [5, 5.41) is 0. The number of pyridine rings is 1. The van der Waals surface area contributed by atoms with Gasteiger partial charge in [-0.15, -0.1) is 0 Å². The van der Waals surface area contributed by atoms with Crippen LogP contribution < -0.4 is 5.73 Å². The Hall–Kier alpha value is -2.54. The zero-order valence-corrected chi connectivity index (χ0v) is 18.8. The second-order valence-electron chi connectivity index (χ2n) is 8.35. The van der Waals surface area contributed by atoms with Gasteiger partial charge in [0.25, 0.3) is 0 Å². The summed E-state index contributed by atoms with van der Waals surface area (Å²) >= 11 is 0. The van der Waals surface area contributed by atoms with Crippen molar-refractivity contribution in [1.82, 2.24) is 19.4 Å². The number of benzene rings is 1. The molecule has 1 unspecified atom stereocenters. The van der Waals surface area contributed by atoms with Crippen LogP contribution in [0, 0.1) is 13.8 Å². The van der Waals surface area contributed by atoms with Gasteiger partial charge in [0.1, 0.15) is 11.3 Å². The van der Waals surface area contributed by atoms with E-state index in [1.807, 2.05) is 6.92 Å². The van der Waals surface area contributed by atoms with Gasteiger partial charge in [0, 0.05) is 38.3 Å². The number of morpholine rings is 1. The summed E-state index contributed by atoms with van der Waals surface area (Å²) in [6.07, 6.45) is 5.47. The Morgan fingerprint density at radius 2 is 2.00 bits per heavy atom. The van der Waals surface area contributed by atoms with E-state index in [-0.39, 0.29) is 6.10 Å². The molecule has 0 saturated carbocycles. The summed E-state index contributed by atoms with van der Waals surface area (Å²) in [5.41, 5.74) is 12.4. The highest BCUT2D eigenvalue weighted by atomic mass is 16.5. The number of rotatable bonds is 7. The molecule has 6 nitrogen and oxygen atoms in total. The monoisotopic (exact) mass is 419 g/mol. The van der Waals surface area contributed by atoms with Crippen molar-refractivity contribution in [3.05, 3.63) is 64.6 Å². The van der Waals surface area contributed by atoms with E-state index in [9.17, 15) is 0 Å². The van der Waals surface area contributed by atoms with Gasteiger partial charge in [-0.2, -0.15) is 0 Å². The molecule has 164 valence electrons. The molecule has 0 radical (unpaired) electrons. The summed E-state index contributed by atoms with van der Waals surface area (Å²) in [5.74, 6) is 1.08. The molecule has 3 heterocycles. The molecule has 1 aromatic carbocycles. The average molecular weight is 420 g/mol. The number of aryl methyl sites for hydroxylation is 3. The Morgan fingerprint density at radius 3 is 2.74 bits per heavy atom. The number of nitrogens with two attached hydrogens (primary N) is 1. The number of fused-ring (bicyclic) bond motifs is 1. The number of hydrogen-bond acceptors (Lipinski definition) is 5. The normalized spacial score (nSPS) is 17.7. The average Bonchev–Trinajstić information content (AvgIpc) is 3.13. The minimum atomic E-state index is 0.163. The van der Waals surface area contributed by atoms with Gasteiger partial charge in [0.05, 0.1) is 19.3 Å². The molecule has 0 aliphatic carbocycles. The highest BCUT2D eigenvalue weighted by Gasteiger charge is 2.17. The summed E-state index contributed by atoms with van der Waals surface area (Å²) < 4.78 is 7.89. The molecule has 1 aliphatic heterocycles. The molecule has 4 rings (SSSR count). The smallest absolute Gasteiger partial charge is 0.160 e. The first kappa shape index (κ1) is 21.7. The van der Waals surface area contributed by atoms with Crippen LogP contribution in [-0.4, -0.2) is 58.3 Å². The van der Waals surface area contributed by atoms with Crippen molar-refractivity contribution in [3.8, 4) is 0 Å². The van der Waals surface area contributed by atoms with Gasteiger partial charge in [-0.3, -0.25) is 4.90 Å². The second-order valence-corrected chi connectivity index (χ2v) is 8.35. The third kappa shape index (κ3) is 5.03. The lowest BCUT2D eigenvalue weighted by Gasteiger charge is -2.31. The van der Waals surface area contributed by atoms with E-state index < -0.39 is 0 Å². The molecule has 3 aromatic rings. The SMILES string of the molecule is CCc1nc2c(C)cc(C)nc2n1Cc1ccc(C=CCN2CCOC(CN)C2)cc1. The van der Waals surface area contributed by atoms with Gasteiger partial charge < -0.3 is 15.0 Å². The van der Waals surface area contributed by atoms with Gasteiger partial charge in [-0.05, 0) is 36.6 Å². The van der Waals surface area contributed by atoms with Crippen LogP contribution in [0.4, 0.5) is 0 Å². The molecule has 0 spiro atoms. The van der Waals surface area contributed by atoms with E-state index in [1.165, 1.54) is 16.7 Å². The molecule has 1 atom stereocenters. The number of nitrogens with zero attached hydrogens (tertiary/aromatic N) is 4. The van der Waals surface area contributed by atoms with E-state index >= 15 is 0 Å². The van der Waals surface area contributed by atoms with Crippen LogP contribution in [-0.2, 0) is 17.7 Å². The van der Waals surface area contributed by atoms with Gasteiger partial charge >= 0.3 is 0 Å². The van der Waals surface area contributed by atoms with E-state index in [0.717, 1.165) is 61.9 Å². The van der Waals surface area contributed by atoms with Gasteiger partial charge in [-0.1, -0.05) is 43.3 Å². The number of hydrogen-bond donors (Lipinski definition) is 1. The molecule has 2 N–H and O–H groups in total. The fourth-order valence-electron chi connectivity index (χ4n) is 4.23. The van der Waals surface area contributed by atoms with Crippen LogP contribution in [0.3, 0.4) is 0 Å². The van der Waals surface area contributed by atoms with Crippen LogP contribution in [0.2, 0.25) is 0 Å². The fraction of sp³-hybridized carbons (Fsp3) is 0.440. The summed E-state index contributed by atoms with van der Waals surface area (Å²) in [7, 11) is 0. The summed E-state index contributed by atoms with van der Waals surface area (Å²) in [4.78, 5) is 12.0. The van der Waals surface area contributed by atoms with E-state index in [2.05, 4.69) is 65.8 Å². The van der Waals surface area contributed by atoms with Crippen LogP contribution in [0.25, 0.3) is 17.2 Å². The molecule has 0 amide bonds. The van der Waals surface area contributed by atoms with Crippen molar-refractivity contribution < 1.29 is 4.74 Å². The van der Waals surface area contributed by atoms with Gasteiger partial charge in [0.15, 0.2) is 5.65 Å². The van der Waals surface area contributed by atoms with Crippen LogP contribution >= 0.6 is 0 Å². The third-order valence-corrected chi connectivity index (χ3v) is 5.90. The number of aromatic nitrogens is 3. The van der Waals surface area contributed by atoms with Crippen molar-refractivity contribution in [2.75, 3.05) is 32.8 Å². The van der Waals surface area contributed by atoms with Crippen LogP contribution in [0.1, 0.15) is 35.1 Å². The molecule has 1 aliphatic rings. The van der Waals surface area contributed by atoms with Crippen molar-refractivity contribution in [2.24, 2.45) is 5.73 Å². The predicted molar refractivity (Wildman–Crippen MR) is 126 cm³/mol. The standard InChI is InChI=1S/C25H33N5O/c1-4-23-28-24-18(2)14-19(3)27-25(24)30(23)16-21-9-7-20(8-10-21)6-5-11-29-12-13-31-22(15-26)17-29/h5-10,14,22H,4,11-13,15-17,26H2,1-3H3. The summed E-state index contributed by atoms with van der Waals surface area (Å²) in [6, 6.07) is 10.9. The maximum atomic E-state index is 5.73. The lowest BCUT2D eigenvalue weighted by Crippen LogP contribution is -2.45. The predicted octanol–water partition coefficient (Wildman–Crippen LogP) is 3.33. The first-order valence-electron chi connectivity index (χ1n) is 11.2. The first-order valence-corrected chi connectivity index (χ1v) is 11.2. The van der Waals surface area contributed by atoms with Crippen molar-refractivity contribution >= 4 is 17.2 Å². The molecule has 0 bridgehead atoms. The van der Waals surface area contributed by atoms with Crippen LogP contribution in [0.5, 0.6) is 0 Å². The topological polar surface area (TPSA) is 69.2 Å². The third-order valence-electron chi connectivity index (χ3n) is 5.90. The fourth-order valence-corrected chi connectivity index (χ4v) is 4.23. The van der Waals surface area contributed by atoms with Crippen molar-refractivity contribution in [3.63, 3.8) is 0 Å². The molecule has 1 saturated heterocycles. The molecule has 1 fully saturated rings. The zero-order chi connectivity index (χ0) is 21.8. The number of imidazole rings is 1. The zero-order valence-electron chi connectivity index (χ0n) is 18.8. The van der Waals surface area contributed by atoms with Gasteiger partial charge in [0.2, 0.25) is 0 Å². The lowest BCUT2D eigenvalue weighted by molar-refractivity contribution is -0.0190. The van der Waals surface area contributed by atoms with Crippen molar-refractivity contribution in [2.45, 2.75) is 39.8 Å². The minimum absolute atomic E-state index is 0.163. The van der Waals surface area contributed by atoms with Gasteiger partial charge in [-0.25, -0.2) is 9.97 Å². The Bertz CT molecular complexity index is 1050. The van der Waals surface area contributed by atoms with Crippen molar-refractivity contribution in [1.29, 1.82) is 0 Å². The van der Waals surface area contributed by atoms with E-state index in [4.69, 9.17) is 20.4 Å². The maximum absolute atomic E-state index is 5.73. The number of ether oxygens (including phenoxy) is 1. The highest BCUT2D eigenvalue weighted by molar-refractivity contribution is 5.76. The Morgan fingerprint density at radius 1 is 1.19 bits per heavy atom. The largest absolute Gasteiger partial charge is 0.374 e. The first-order chi connectivity index (χ1) is 15.1. The lowest BCUT2D eigenvalue weighted by atomic mass is 10.1. The highest BCUT2D eigenvalue weighted by Crippen LogP contribution is 2.21. The van der Waals surface area contributed by atoms with E-state index in [0.29, 0.717) is 6.54 Å².